The van der Waals surface area contributed by atoms with Crippen molar-refractivity contribution in [2.24, 2.45) is 0 Å². The summed E-state index contributed by atoms with van der Waals surface area (Å²) in [5, 5.41) is 17.2. The van der Waals surface area contributed by atoms with E-state index in [-0.39, 0.29) is 5.60 Å². The molecule has 8 heteroatoms. The minimum absolute atomic E-state index is 0.0475. The Bertz CT molecular complexity index is 614. The lowest BCUT2D eigenvalue weighted by Gasteiger charge is -2.38. The molecule has 4 rings (SSSR count). The van der Waals surface area contributed by atoms with Crippen LogP contribution in [0.4, 0.5) is 0 Å². The van der Waals surface area contributed by atoms with Crippen molar-refractivity contribution in [3.63, 3.8) is 0 Å². The van der Waals surface area contributed by atoms with Crippen LogP contribution in [0.15, 0.2) is 0 Å². The molecule has 0 amide bonds. The maximum absolute atomic E-state index is 5.91. The summed E-state index contributed by atoms with van der Waals surface area (Å²) >= 11 is 1.54. The first-order valence-corrected chi connectivity index (χ1v) is 7.69. The van der Waals surface area contributed by atoms with Gasteiger partial charge < -0.3 is 14.8 Å². The zero-order chi connectivity index (χ0) is 13.6. The average molecular weight is 295 g/mol. The Balaban J connectivity index is 1.53. The minimum Gasteiger partial charge on any atom is -0.381 e. The lowest BCUT2D eigenvalue weighted by atomic mass is 10.0. The van der Waals surface area contributed by atoms with Crippen molar-refractivity contribution in [3.8, 4) is 0 Å². The zero-order valence-electron chi connectivity index (χ0n) is 11.3. The van der Waals surface area contributed by atoms with E-state index in [0.717, 1.165) is 41.9 Å². The second kappa shape index (κ2) is 4.73. The molecule has 1 unspecified atom stereocenters. The molecule has 1 atom stereocenters. The van der Waals surface area contributed by atoms with E-state index in [9.17, 15) is 0 Å². The third kappa shape index (κ3) is 2.12. The van der Waals surface area contributed by atoms with Crippen molar-refractivity contribution in [3.05, 3.63) is 10.8 Å². The summed E-state index contributed by atoms with van der Waals surface area (Å²) in [7, 11) is 0. The predicted molar refractivity (Wildman–Crippen MR) is 72.9 cm³/mol. The number of nitrogens with zero attached hydrogens (tertiary/aromatic N) is 4. The van der Waals surface area contributed by atoms with E-state index in [1.807, 2.05) is 4.52 Å². The standard InChI is InChI=1S/C12H17N5O2S/c1-12(6-13-7-12)19-5-9-16-17-10(8-2-3-18-4-8)14-15-11(17)20-9/h8,13H,2-7H2,1H3. The Kier molecular flexibility index (Phi) is 2.99. The van der Waals surface area contributed by atoms with Gasteiger partial charge in [0.25, 0.3) is 0 Å². The number of ether oxygens (including phenoxy) is 2. The lowest BCUT2D eigenvalue weighted by molar-refractivity contribution is -0.0769. The molecule has 0 saturated carbocycles. The smallest absolute Gasteiger partial charge is 0.234 e. The van der Waals surface area contributed by atoms with Crippen molar-refractivity contribution in [2.75, 3.05) is 26.3 Å². The fourth-order valence-corrected chi connectivity index (χ4v) is 3.29. The van der Waals surface area contributed by atoms with E-state index in [0.29, 0.717) is 19.1 Å². The van der Waals surface area contributed by atoms with E-state index in [1.54, 1.807) is 11.3 Å². The molecule has 2 aromatic rings. The summed E-state index contributed by atoms with van der Waals surface area (Å²) in [6.45, 7) is 5.97. The van der Waals surface area contributed by atoms with Crippen LogP contribution in [0.3, 0.4) is 0 Å². The van der Waals surface area contributed by atoms with Gasteiger partial charge in [0, 0.05) is 25.6 Å². The first-order valence-electron chi connectivity index (χ1n) is 6.87. The highest BCUT2D eigenvalue weighted by Gasteiger charge is 2.33. The van der Waals surface area contributed by atoms with E-state index < -0.39 is 0 Å². The highest BCUT2D eigenvalue weighted by molar-refractivity contribution is 7.16. The monoisotopic (exact) mass is 295 g/mol. The van der Waals surface area contributed by atoms with Crippen molar-refractivity contribution in [1.29, 1.82) is 0 Å². The van der Waals surface area contributed by atoms with Crippen LogP contribution >= 0.6 is 11.3 Å². The molecule has 2 saturated heterocycles. The highest BCUT2D eigenvalue weighted by Crippen LogP contribution is 2.26. The number of hydrogen-bond acceptors (Lipinski definition) is 7. The SMILES string of the molecule is CC1(OCc2nn3c(C4CCOC4)nnc3s2)CNC1. The molecule has 0 aliphatic carbocycles. The topological polar surface area (TPSA) is 73.6 Å². The average Bonchev–Trinajstić information content (AvgIpc) is 3.09. The van der Waals surface area contributed by atoms with Gasteiger partial charge in [0.15, 0.2) is 5.82 Å². The number of aromatic nitrogens is 4. The van der Waals surface area contributed by atoms with Crippen LogP contribution in [-0.2, 0) is 16.1 Å². The Hall–Kier alpha value is -1.09. The molecule has 7 nitrogen and oxygen atoms in total. The van der Waals surface area contributed by atoms with Crippen LogP contribution in [0, 0.1) is 0 Å². The number of hydrogen-bond donors (Lipinski definition) is 1. The molecule has 108 valence electrons. The first kappa shape index (κ1) is 12.6. The van der Waals surface area contributed by atoms with Gasteiger partial charge in [-0.2, -0.15) is 9.61 Å². The fourth-order valence-electron chi connectivity index (χ4n) is 2.54. The summed E-state index contributed by atoms with van der Waals surface area (Å²) in [5.74, 6) is 1.23. The van der Waals surface area contributed by atoms with Gasteiger partial charge in [-0.1, -0.05) is 11.3 Å². The molecule has 2 aromatic heterocycles. The molecule has 20 heavy (non-hydrogen) atoms. The van der Waals surface area contributed by atoms with Crippen molar-refractivity contribution >= 4 is 16.3 Å². The lowest BCUT2D eigenvalue weighted by Crippen LogP contribution is -2.58. The summed E-state index contributed by atoms with van der Waals surface area (Å²) < 4.78 is 13.2. The van der Waals surface area contributed by atoms with Gasteiger partial charge in [0.2, 0.25) is 4.96 Å². The van der Waals surface area contributed by atoms with Crippen LogP contribution in [-0.4, -0.2) is 51.7 Å². The van der Waals surface area contributed by atoms with Gasteiger partial charge in [-0.05, 0) is 13.3 Å². The molecule has 0 bridgehead atoms. The second-order valence-corrected chi connectivity index (χ2v) is 6.69. The number of nitrogens with one attached hydrogen (secondary N) is 1. The molecule has 2 fully saturated rings. The van der Waals surface area contributed by atoms with Gasteiger partial charge >= 0.3 is 0 Å². The van der Waals surface area contributed by atoms with Crippen LogP contribution in [0.5, 0.6) is 0 Å². The first-order chi connectivity index (χ1) is 9.73. The molecular formula is C12H17N5O2S. The summed E-state index contributed by atoms with van der Waals surface area (Å²) in [5.41, 5.74) is -0.0475. The van der Waals surface area contributed by atoms with Crippen LogP contribution in [0.1, 0.15) is 30.1 Å². The normalized spacial score (nSPS) is 25.1. The summed E-state index contributed by atoms with van der Waals surface area (Å²) in [6.07, 6.45) is 0.994. The molecule has 0 radical (unpaired) electrons. The van der Waals surface area contributed by atoms with Gasteiger partial charge in [-0.25, -0.2) is 0 Å². The third-order valence-electron chi connectivity index (χ3n) is 3.89. The quantitative estimate of drug-likeness (QED) is 0.889. The van der Waals surface area contributed by atoms with Crippen LogP contribution in [0.2, 0.25) is 0 Å². The largest absolute Gasteiger partial charge is 0.381 e. The minimum atomic E-state index is -0.0475. The van der Waals surface area contributed by atoms with Gasteiger partial charge in [0.1, 0.15) is 11.6 Å². The van der Waals surface area contributed by atoms with Gasteiger partial charge in [0.05, 0.1) is 12.2 Å². The number of rotatable bonds is 4. The van der Waals surface area contributed by atoms with E-state index in [1.165, 1.54) is 0 Å². The second-order valence-electron chi connectivity index (χ2n) is 5.65. The van der Waals surface area contributed by atoms with Crippen molar-refractivity contribution in [1.82, 2.24) is 25.1 Å². The molecule has 2 aliphatic heterocycles. The van der Waals surface area contributed by atoms with Crippen LogP contribution in [0.25, 0.3) is 4.96 Å². The molecular weight excluding hydrogens is 278 g/mol. The Labute approximate surface area is 120 Å². The molecule has 0 aromatic carbocycles. The van der Waals surface area contributed by atoms with Gasteiger partial charge in [-0.15, -0.1) is 10.2 Å². The van der Waals surface area contributed by atoms with Crippen LogP contribution < -0.4 is 5.32 Å². The zero-order valence-corrected chi connectivity index (χ0v) is 12.2. The molecule has 1 N–H and O–H groups in total. The Morgan fingerprint density at radius 3 is 3.10 bits per heavy atom. The summed E-state index contributed by atoms with van der Waals surface area (Å²) in [4.78, 5) is 0.836. The molecule has 4 heterocycles. The Morgan fingerprint density at radius 2 is 2.40 bits per heavy atom. The maximum atomic E-state index is 5.91. The maximum Gasteiger partial charge on any atom is 0.234 e. The van der Waals surface area contributed by atoms with Gasteiger partial charge in [-0.3, -0.25) is 0 Å². The van der Waals surface area contributed by atoms with E-state index >= 15 is 0 Å². The Morgan fingerprint density at radius 1 is 1.50 bits per heavy atom. The molecule has 0 spiro atoms. The summed E-state index contributed by atoms with van der Waals surface area (Å²) in [6, 6.07) is 0. The molecule has 2 aliphatic rings. The third-order valence-corrected chi connectivity index (χ3v) is 4.77. The predicted octanol–water partition coefficient (Wildman–Crippen LogP) is 0.568. The van der Waals surface area contributed by atoms with Crippen molar-refractivity contribution < 1.29 is 9.47 Å². The van der Waals surface area contributed by atoms with E-state index in [2.05, 4.69) is 27.5 Å². The van der Waals surface area contributed by atoms with Crippen molar-refractivity contribution in [2.45, 2.75) is 31.5 Å². The number of fused-ring (bicyclic) bond motifs is 1. The highest BCUT2D eigenvalue weighted by atomic mass is 32.1. The van der Waals surface area contributed by atoms with E-state index in [4.69, 9.17) is 9.47 Å². The fraction of sp³-hybridized carbons (Fsp3) is 0.750.